The largest absolute Gasteiger partial charge is 0.364 e. The first kappa shape index (κ1) is 16.6. The number of nitrogens with two attached hydrogens (primary N) is 1. The zero-order valence-electron chi connectivity index (χ0n) is 14.4. The topological polar surface area (TPSA) is 74.4 Å². The molecule has 3 aromatic rings. The molecule has 0 saturated heterocycles. The fourth-order valence-electron chi connectivity index (χ4n) is 3.16. The zero-order valence-corrected chi connectivity index (χ0v) is 14.4. The zero-order chi connectivity index (χ0) is 18.8. The number of nitrogens with zero attached hydrogens (tertiary/aromatic N) is 1. The average Bonchev–Trinajstić information content (AvgIpc) is 2.72. The van der Waals surface area contributed by atoms with E-state index in [1.807, 2.05) is 54.6 Å². The lowest BCUT2D eigenvalue weighted by atomic mass is 9.89. The summed E-state index contributed by atoms with van der Waals surface area (Å²) in [6.45, 7) is 3.90. The first-order valence-electron chi connectivity index (χ1n) is 8.34. The third kappa shape index (κ3) is 2.95. The van der Waals surface area contributed by atoms with Gasteiger partial charge >= 0.3 is 0 Å². The predicted molar refractivity (Wildman–Crippen MR) is 104 cm³/mol. The summed E-state index contributed by atoms with van der Waals surface area (Å²) >= 11 is 0. The van der Waals surface area contributed by atoms with Crippen LogP contribution in [0, 0.1) is 0 Å². The number of aromatic nitrogens is 1. The van der Waals surface area contributed by atoms with Gasteiger partial charge in [0.2, 0.25) is 0 Å². The smallest absolute Gasteiger partial charge is 0.267 e. The van der Waals surface area contributed by atoms with Gasteiger partial charge in [0, 0.05) is 28.5 Å². The maximum absolute atomic E-state index is 12.1. The van der Waals surface area contributed by atoms with Gasteiger partial charge in [-0.05, 0) is 29.3 Å². The van der Waals surface area contributed by atoms with Crippen LogP contribution in [0.3, 0.4) is 0 Å². The van der Waals surface area contributed by atoms with Crippen LogP contribution in [-0.4, -0.2) is 10.9 Å². The highest BCUT2D eigenvalue weighted by Gasteiger charge is 2.21. The minimum absolute atomic E-state index is 0.217. The molecule has 2 heterocycles. The Morgan fingerprint density at radius 1 is 1.07 bits per heavy atom. The van der Waals surface area contributed by atoms with E-state index < -0.39 is 5.91 Å². The van der Waals surface area contributed by atoms with Crippen LogP contribution in [0.5, 0.6) is 5.75 Å². The molecular formula is C22H16N2O3. The van der Waals surface area contributed by atoms with Crippen molar-refractivity contribution in [1.82, 2.24) is 4.98 Å². The number of carbonyl (C=O) groups excluding carboxylic acids is 1. The van der Waals surface area contributed by atoms with E-state index in [9.17, 15) is 4.79 Å². The Labute approximate surface area is 156 Å². The lowest BCUT2D eigenvalue weighted by Gasteiger charge is -2.18. The molecule has 27 heavy (non-hydrogen) atoms. The van der Waals surface area contributed by atoms with E-state index in [0.717, 1.165) is 27.8 Å². The molecule has 2 aromatic carbocycles. The fraction of sp³-hybridized carbons (Fsp3) is 0. The molecule has 0 bridgehead atoms. The van der Waals surface area contributed by atoms with Crippen LogP contribution in [0.25, 0.3) is 34.4 Å². The van der Waals surface area contributed by atoms with Gasteiger partial charge in [-0.2, -0.15) is 0 Å². The van der Waals surface area contributed by atoms with E-state index in [2.05, 4.69) is 11.6 Å². The second kappa shape index (κ2) is 6.80. The average molecular weight is 356 g/mol. The first-order chi connectivity index (χ1) is 13.2. The van der Waals surface area contributed by atoms with E-state index in [4.69, 9.17) is 15.5 Å². The Hall–Kier alpha value is -3.86. The van der Waals surface area contributed by atoms with Gasteiger partial charge in [-0.3, -0.25) is 14.6 Å². The number of carbonyl (C=O) groups is 1. The van der Waals surface area contributed by atoms with Gasteiger partial charge in [0.1, 0.15) is 12.0 Å². The molecule has 5 heteroatoms. The van der Waals surface area contributed by atoms with Crippen molar-refractivity contribution in [1.29, 1.82) is 0 Å². The van der Waals surface area contributed by atoms with Crippen LogP contribution in [0.4, 0.5) is 0 Å². The van der Waals surface area contributed by atoms with Crippen molar-refractivity contribution in [2.24, 2.45) is 5.73 Å². The van der Waals surface area contributed by atoms with Crippen LogP contribution in [0.1, 0.15) is 21.6 Å². The number of hydrogen-bond donors (Lipinski definition) is 1. The van der Waals surface area contributed by atoms with Crippen molar-refractivity contribution >= 4 is 18.1 Å². The van der Waals surface area contributed by atoms with E-state index in [-0.39, 0.29) is 5.69 Å². The summed E-state index contributed by atoms with van der Waals surface area (Å²) in [5, 5.41) is 0. The molecule has 1 aromatic heterocycles. The molecule has 0 radical (unpaired) electrons. The van der Waals surface area contributed by atoms with Crippen molar-refractivity contribution in [3.05, 3.63) is 84.4 Å². The van der Waals surface area contributed by atoms with Crippen molar-refractivity contribution < 1.29 is 14.6 Å². The molecule has 0 fully saturated rings. The van der Waals surface area contributed by atoms with Crippen LogP contribution in [-0.2, 0) is 4.89 Å². The molecule has 1 aliphatic rings. The SMILES string of the molecule is C=Cc1cnc(C(N)=O)c(-c2ccccc2)c1-c1ccc2c(c1)C=COO2. The van der Waals surface area contributed by atoms with Gasteiger partial charge in [-0.1, -0.05) is 49.1 Å². The third-order valence-electron chi connectivity index (χ3n) is 4.36. The molecule has 0 spiro atoms. The Balaban J connectivity index is 2.05. The van der Waals surface area contributed by atoms with Gasteiger partial charge in [0.05, 0.1) is 0 Å². The number of rotatable bonds is 4. The fourth-order valence-corrected chi connectivity index (χ4v) is 3.16. The quantitative estimate of drug-likeness (QED) is 0.701. The van der Waals surface area contributed by atoms with Gasteiger partial charge in [0.25, 0.3) is 5.91 Å². The summed E-state index contributed by atoms with van der Waals surface area (Å²) in [4.78, 5) is 26.4. The van der Waals surface area contributed by atoms with Crippen molar-refractivity contribution in [2.75, 3.05) is 0 Å². The van der Waals surface area contributed by atoms with Gasteiger partial charge < -0.3 is 5.73 Å². The maximum atomic E-state index is 12.1. The molecule has 2 N–H and O–H groups in total. The molecule has 1 aliphatic heterocycles. The van der Waals surface area contributed by atoms with E-state index in [1.165, 1.54) is 6.26 Å². The summed E-state index contributed by atoms with van der Waals surface area (Å²) in [5.74, 6) is 0.0344. The number of amides is 1. The molecule has 5 nitrogen and oxygen atoms in total. The van der Waals surface area contributed by atoms with Crippen LogP contribution in [0.15, 0.2) is 67.6 Å². The minimum atomic E-state index is -0.583. The summed E-state index contributed by atoms with van der Waals surface area (Å²) in [6, 6.07) is 15.3. The highest BCUT2D eigenvalue weighted by Crippen LogP contribution is 2.39. The number of hydrogen-bond acceptors (Lipinski definition) is 4. The van der Waals surface area contributed by atoms with Gasteiger partial charge in [-0.15, -0.1) is 0 Å². The number of fused-ring (bicyclic) bond motifs is 1. The third-order valence-corrected chi connectivity index (χ3v) is 4.36. The Morgan fingerprint density at radius 2 is 1.89 bits per heavy atom. The minimum Gasteiger partial charge on any atom is -0.364 e. The maximum Gasteiger partial charge on any atom is 0.267 e. The second-order valence-corrected chi connectivity index (χ2v) is 5.98. The summed E-state index contributed by atoms with van der Waals surface area (Å²) in [7, 11) is 0. The lowest BCUT2D eigenvalue weighted by molar-refractivity contribution is -0.151. The molecule has 1 amide bonds. The van der Waals surface area contributed by atoms with E-state index >= 15 is 0 Å². The summed E-state index contributed by atoms with van der Waals surface area (Å²) < 4.78 is 0. The predicted octanol–water partition coefficient (Wildman–Crippen LogP) is 4.45. The highest BCUT2D eigenvalue weighted by atomic mass is 17.2. The normalized spacial score (nSPS) is 11.9. The second-order valence-electron chi connectivity index (χ2n) is 5.98. The van der Waals surface area contributed by atoms with Crippen LogP contribution >= 0.6 is 0 Å². The van der Waals surface area contributed by atoms with Crippen molar-refractivity contribution in [3.8, 4) is 28.0 Å². The lowest BCUT2D eigenvalue weighted by Crippen LogP contribution is -2.15. The molecule has 0 unspecified atom stereocenters. The van der Waals surface area contributed by atoms with E-state index in [0.29, 0.717) is 11.3 Å². The molecular weight excluding hydrogens is 340 g/mol. The van der Waals surface area contributed by atoms with Crippen molar-refractivity contribution in [2.45, 2.75) is 0 Å². The first-order valence-corrected chi connectivity index (χ1v) is 8.34. The number of pyridine rings is 1. The Bertz CT molecular complexity index is 1070. The van der Waals surface area contributed by atoms with Gasteiger partial charge in [0.15, 0.2) is 5.75 Å². The molecule has 0 aliphatic carbocycles. The Morgan fingerprint density at radius 3 is 2.63 bits per heavy atom. The monoisotopic (exact) mass is 356 g/mol. The summed E-state index contributed by atoms with van der Waals surface area (Å²) in [6.07, 6.45) is 6.62. The van der Waals surface area contributed by atoms with Crippen LogP contribution in [0.2, 0.25) is 0 Å². The summed E-state index contributed by atoms with van der Waals surface area (Å²) in [5.41, 5.74) is 10.8. The molecule has 0 saturated carbocycles. The standard InChI is InChI=1S/C22H16N2O3/c1-2-14-13-24-21(22(23)25)20(15-6-4-3-5-7-15)19(14)17-8-9-18-16(12-17)10-11-26-27-18/h2-13H,1H2,(H2,23,25). The Kier molecular flexibility index (Phi) is 4.18. The molecule has 4 rings (SSSR count). The molecule has 0 atom stereocenters. The van der Waals surface area contributed by atoms with Crippen LogP contribution < -0.4 is 10.6 Å². The van der Waals surface area contributed by atoms with Crippen molar-refractivity contribution in [3.63, 3.8) is 0 Å². The van der Waals surface area contributed by atoms with E-state index in [1.54, 1.807) is 12.3 Å². The van der Waals surface area contributed by atoms with Gasteiger partial charge in [-0.25, -0.2) is 4.98 Å². The molecule has 132 valence electrons. The highest BCUT2D eigenvalue weighted by molar-refractivity contribution is 6.04. The number of benzene rings is 2. The number of primary amides is 1.